The van der Waals surface area contributed by atoms with Crippen molar-refractivity contribution in [2.45, 2.75) is 5.92 Å². The minimum Gasteiger partial charge on any atom is -0.0726 e. The summed E-state index contributed by atoms with van der Waals surface area (Å²) >= 11 is 0. The lowest BCUT2D eigenvalue weighted by atomic mass is 9.75. The number of fused-ring (bicyclic) bond motifs is 6. The van der Waals surface area contributed by atoms with Crippen molar-refractivity contribution in [2.75, 3.05) is 0 Å². The van der Waals surface area contributed by atoms with Crippen molar-refractivity contribution in [3.63, 3.8) is 0 Å². The lowest BCUT2D eigenvalue weighted by molar-refractivity contribution is 0.954. The van der Waals surface area contributed by atoms with Gasteiger partial charge in [-0.1, -0.05) is 243 Å². The molecular weight excluding hydrogens is 769 g/mol. The zero-order chi connectivity index (χ0) is 42.1. The highest BCUT2D eigenvalue weighted by molar-refractivity contribution is 6.17. The maximum Gasteiger partial charge on any atom is 0.0297 e. The fraction of sp³-hybridized carbons (Fsp3) is 0.0312. The fourth-order valence-electron chi connectivity index (χ4n) is 11.5. The molecule has 0 heteroatoms. The van der Waals surface area contributed by atoms with Gasteiger partial charge in [-0.15, -0.1) is 0 Å². The lowest BCUT2D eigenvalue weighted by Crippen LogP contribution is -2.33. The molecule has 8 aromatic rings. The minimum absolute atomic E-state index is 0.0719. The molecule has 298 valence electrons. The van der Waals surface area contributed by atoms with Crippen molar-refractivity contribution in [1.82, 2.24) is 0 Å². The van der Waals surface area contributed by atoms with Gasteiger partial charge in [0.25, 0.3) is 0 Å². The standard InChI is InChI=1S/C64H42/c1-7-21-41(22-8-1)55(42-23-9-2-10-24-42)49-37-39-53-59-47(49)33-19-35-51(59)61-57(45-29-15-5-16-30-45)64-54-40-38-50(56(43-25-11-3-12-26-43)44-27-13-4-14-28-44)48-34-20-36-52(60(48)54)62(64)58(63(53)61)46-31-17-6-18-32-46/h1-40,47,52H. The van der Waals surface area contributed by atoms with E-state index < -0.39 is 0 Å². The van der Waals surface area contributed by atoms with Crippen molar-refractivity contribution in [2.24, 2.45) is 5.92 Å². The summed E-state index contributed by atoms with van der Waals surface area (Å²) < 4.78 is 0. The Balaban J connectivity index is 1.14. The molecular formula is C64H42. The van der Waals surface area contributed by atoms with Gasteiger partial charge in [0.1, 0.15) is 0 Å². The highest BCUT2D eigenvalue weighted by Gasteiger charge is 2.44. The summed E-state index contributed by atoms with van der Waals surface area (Å²) in [4.78, 5) is 0. The van der Waals surface area contributed by atoms with E-state index in [0.29, 0.717) is 0 Å². The van der Waals surface area contributed by atoms with E-state index >= 15 is 0 Å². The second-order valence-electron chi connectivity index (χ2n) is 17.3. The molecule has 0 spiro atoms. The van der Waals surface area contributed by atoms with Crippen molar-refractivity contribution in [3.05, 3.63) is 303 Å². The zero-order valence-electron chi connectivity index (χ0n) is 35.2. The first-order chi connectivity index (χ1) is 31.8. The molecule has 5 aliphatic carbocycles. The Morgan fingerprint density at radius 2 is 0.859 bits per heavy atom. The van der Waals surface area contributed by atoms with E-state index in [1.807, 2.05) is 0 Å². The van der Waals surface area contributed by atoms with Crippen LogP contribution in [0.25, 0.3) is 61.7 Å². The van der Waals surface area contributed by atoms with Gasteiger partial charge in [-0.05, 0) is 122 Å². The van der Waals surface area contributed by atoms with Crippen LogP contribution in [-0.2, 0) is 0 Å². The second kappa shape index (κ2) is 14.8. The van der Waals surface area contributed by atoms with E-state index in [1.165, 1.54) is 122 Å². The monoisotopic (exact) mass is 810 g/mol. The molecule has 0 amide bonds. The van der Waals surface area contributed by atoms with Gasteiger partial charge in [0.05, 0.1) is 0 Å². The summed E-state index contributed by atoms with van der Waals surface area (Å²) in [5.41, 5.74) is 26.3. The Morgan fingerprint density at radius 3 is 1.44 bits per heavy atom. The van der Waals surface area contributed by atoms with Crippen LogP contribution in [0.3, 0.4) is 0 Å². The SMILES string of the molecule is C1=CC2C(=C(c3ccccc3)c3ccccc3)C=CC3=C2C(=C1)c1c3c(-c2ccccc2)c2c(c1-c1ccccc1)-c1ccc(=C(c3ccccc3)c3ccccc3)c3c1C2C=CC=3. The Morgan fingerprint density at radius 1 is 0.359 bits per heavy atom. The van der Waals surface area contributed by atoms with Gasteiger partial charge in [-0.3, -0.25) is 0 Å². The number of hydrogen-bond acceptors (Lipinski definition) is 0. The van der Waals surface area contributed by atoms with Crippen LogP contribution >= 0.6 is 0 Å². The van der Waals surface area contributed by atoms with Crippen molar-refractivity contribution >= 4 is 28.4 Å². The first-order valence-corrected chi connectivity index (χ1v) is 22.5. The number of hydrogen-bond donors (Lipinski definition) is 0. The summed E-state index contributed by atoms with van der Waals surface area (Å²) in [6.45, 7) is 0. The van der Waals surface area contributed by atoms with Crippen molar-refractivity contribution < 1.29 is 0 Å². The molecule has 0 saturated carbocycles. The molecule has 0 nitrogen and oxygen atoms in total. The van der Waals surface area contributed by atoms with E-state index in [9.17, 15) is 0 Å². The molecule has 0 radical (unpaired) electrons. The second-order valence-corrected chi connectivity index (χ2v) is 17.3. The molecule has 0 heterocycles. The Bertz CT molecular complexity index is 3440. The summed E-state index contributed by atoms with van der Waals surface area (Å²) in [6.07, 6.45) is 19.2. The Kier molecular flexibility index (Phi) is 8.46. The largest absolute Gasteiger partial charge is 0.0726 e. The summed E-state index contributed by atoms with van der Waals surface area (Å²) in [5, 5.41) is 2.58. The minimum atomic E-state index is 0.0719. The normalized spacial score (nSPS) is 16.7. The van der Waals surface area contributed by atoms with Crippen molar-refractivity contribution in [3.8, 4) is 33.4 Å². The third-order valence-electron chi connectivity index (χ3n) is 14.0. The lowest BCUT2D eigenvalue weighted by Gasteiger charge is -2.28. The predicted octanol–water partition coefficient (Wildman–Crippen LogP) is 14.1. The van der Waals surface area contributed by atoms with Crippen LogP contribution in [0, 0.1) is 5.92 Å². The molecule has 13 rings (SSSR count). The van der Waals surface area contributed by atoms with E-state index in [-0.39, 0.29) is 11.8 Å². The molecule has 0 N–H and O–H groups in total. The fourth-order valence-corrected chi connectivity index (χ4v) is 11.5. The maximum atomic E-state index is 2.47. The molecule has 8 aromatic carbocycles. The topological polar surface area (TPSA) is 0 Å². The average molecular weight is 811 g/mol. The van der Waals surface area contributed by atoms with E-state index in [2.05, 4.69) is 243 Å². The van der Waals surface area contributed by atoms with Crippen LogP contribution in [0.5, 0.6) is 0 Å². The van der Waals surface area contributed by atoms with E-state index in [4.69, 9.17) is 0 Å². The van der Waals surface area contributed by atoms with Crippen LogP contribution in [0.2, 0.25) is 0 Å². The molecule has 5 aliphatic rings. The van der Waals surface area contributed by atoms with Crippen LogP contribution in [-0.4, -0.2) is 0 Å². The highest BCUT2D eigenvalue weighted by Crippen LogP contribution is 2.63. The van der Waals surface area contributed by atoms with Crippen molar-refractivity contribution in [1.29, 1.82) is 0 Å². The highest BCUT2D eigenvalue weighted by atomic mass is 14.5. The van der Waals surface area contributed by atoms with E-state index in [1.54, 1.807) is 0 Å². The van der Waals surface area contributed by atoms with Gasteiger partial charge >= 0.3 is 0 Å². The third kappa shape index (κ3) is 5.49. The molecule has 64 heavy (non-hydrogen) atoms. The zero-order valence-corrected chi connectivity index (χ0v) is 35.2. The summed E-state index contributed by atoms with van der Waals surface area (Å²) in [7, 11) is 0. The number of rotatable bonds is 6. The Labute approximate surface area is 374 Å². The molecule has 0 bridgehead atoms. The number of benzene rings is 8. The summed E-state index contributed by atoms with van der Waals surface area (Å²) in [6, 6.07) is 71.1. The first-order valence-electron chi connectivity index (χ1n) is 22.5. The maximum absolute atomic E-state index is 2.47. The predicted molar refractivity (Wildman–Crippen MR) is 268 cm³/mol. The van der Waals surface area contributed by atoms with Gasteiger partial charge in [0.2, 0.25) is 0 Å². The molecule has 0 aliphatic heterocycles. The number of allylic oxidation sites excluding steroid dienone is 11. The van der Waals surface area contributed by atoms with Gasteiger partial charge in [0.15, 0.2) is 0 Å². The quantitative estimate of drug-likeness (QED) is 0.157. The van der Waals surface area contributed by atoms with Crippen LogP contribution in [0.15, 0.2) is 248 Å². The van der Waals surface area contributed by atoms with Gasteiger partial charge in [-0.2, -0.15) is 0 Å². The van der Waals surface area contributed by atoms with Crippen LogP contribution in [0.4, 0.5) is 0 Å². The van der Waals surface area contributed by atoms with Gasteiger partial charge in [0, 0.05) is 11.8 Å². The first kappa shape index (κ1) is 36.6. The molecule has 0 saturated heterocycles. The molecule has 2 atom stereocenters. The van der Waals surface area contributed by atoms with Gasteiger partial charge < -0.3 is 0 Å². The Hall–Kier alpha value is -8.06. The van der Waals surface area contributed by atoms with E-state index in [0.717, 1.165) is 0 Å². The average Bonchev–Trinajstić information content (AvgIpc) is 3.88. The van der Waals surface area contributed by atoms with Gasteiger partial charge in [-0.25, -0.2) is 0 Å². The third-order valence-corrected chi connectivity index (χ3v) is 14.0. The van der Waals surface area contributed by atoms with Crippen LogP contribution < -0.4 is 10.4 Å². The van der Waals surface area contributed by atoms with Crippen LogP contribution in [0.1, 0.15) is 50.4 Å². The smallest absolute Gasteiger partial charge is 0.0297 e. The summed E-state index contributed by atoms with van der Waals surface area (Å²) in [5.74, 6) is 0.156. The molecule has 0 fully saturated rings. The molecule has 0 aromatic heterocycles. The molecule has 2 unspecified atom stereocenters.